The molecule has 0 fully saturated rings. The van der Waals surface area contributed by atoms with Gasteiger partial charge < -0.3 is 15.0 Å². The van der Waals surface area contributed by atoms with Crippen LogP contribution in [-0.2, 0) is 4.79 Å². The van der Waals surface area contributed by atoms with Crippen molar-refractivity contribution in [2.24, 2.45) is 0 Å². The van der Waals surface area contributed by atoms with Crippen molar-refractivity contribution in [3.05, 3.63) is 29.8 Å². The Labute approximate surface area is 126 Å². The highest BCUT2D eigenvalue weighted by Crippen LogP contribution is 2.14. The van der Waals surface area contributed by atoms with Gasteiger partial charge in [-0.05, 0) is 38.2 Å². The van der Waals surface area contributed by atoms with E-state index in [0.717, 1.165) is 12.3 Å². The molecule has 0 heterocycles. The molecule has 1 amide bonds. The average molecular weight is 292 g/mol. The van der Waals surface area contributed by atoms with E-state index in [1.165, 1.54) is 0 Å². The summed E-state index contributed by atoms with van der Waals surface area (Å²) in [6.07, 6.45) is 0.475. The van der Waals surface area contributed by atoms with Crippen molar-refractivity contribution >= 4 is 11.7 Å². The number of hydrogen-bond acceptors (Lipinski definition) is 4. The van der Waals surface area contributed by atoms with Crippen LogP contribution in [0.3, 0.4) is 0 Å². The number of ether oxygens (including phenoxy) is 1. The van der Waals surface area contributed by atoms with Crippen LogP contribution in [0.15, 0.2) is 24.3 Å². The molecule has 0 atom stereocenters. The lowest BCUT2D eigenvalue weighted by molar-refractivity contribution is -0.129. The number of nitrogens with one attached hydrogen (secondary N) is 1. The molecule has 5 nitrogen and oxygen atoms in total. The Hall–Kier alpha value is -1.88. The second-order valence-electron chi connectivity index (χ2n) is 4.80. The van der Waals surface area contributed by atoms with E-state index < -0.39 is 0 Å². The van der Waals surface area contributed by atoms with Crippen molar-refractivity contribution in [1.82, 2.24) is 10.2 Å². The Bertz CT molecular complexity index is 457. The lowest BCUT2D eigenvalue weighted by Crippen LogP contribution is -2.32. The first kappa shape index (κ1) is 17.2. The molecule has 0 aliphatic rings. The van der Waals surface area contributed by atoms with Crippen LogP contribution in [0.4, 0.5) is 0 Å². The van der Waals surface area contributed by atoms with Crippen molar-refractivity contribution in [3.8, 4) is 5.75 Å². The SMILES string of the molecule is CCOc1ccc(C(=O)CCC(=O)N(C)CCNC)cc1. The van der Waals surface area contributed by atoms with Gasteiger partial charge in [0.15, 0.2) is 5.78 Å². The minimum absolute atomic E-state index is 0.00969. The summed E-state index contributed by atoms with van der Waals surface area (Å²) in [7, 11) is 3.59. The summed E-state index contributed by atoms with van der Waals surface area (Å²) in [6, 6.07) is 7.03. The summed E-state index contributed by atoms with van der Waals surface area (Å²) in [5.41, 5.74) is 0.615. The minimum Gasteiger partial charge on any atom is -0.494 e. The number of amides is 1. The summed E-state index contributed by atoms with van der Waals surface area (Å²) in [5, 5.41) is 2.99. The first-order chi connectivity index (χ1) is 10.1. The summed E-state index contributed by atoms with van der Waals surface area (Å²) in [4.78, 5) is 25.5. The number of Topliss-reactive ketones (excluding diaryl/α,β-unsaturated/α-hetero) is 1. The molecule has 21 heavy (non-hydrogen) atoms. The van der Waals surface area contributed by atoms with Gasteiger partial charge in [-0.3, -0.25) is 9.59 Å². The van der Waals surface area contributed by atoms with Gasteiger partial charge in [-0.25, -0.2) is 0 Å². The van der Waals surface area contributed by atoms with Gasteiger partial charge in [-0.1, -0.05) is 0 Å². The molecule has 5 heteroatoms. The highest BCUT2D eigenvalue weighted by atomic mass is 16.5. The topological polar surface area (TPSA) is 58.6 Å². The van der Waals surface area contributed by atoms with E-state index in [1.807, 2.05) is 14.0 Å². The highest BCUT2D eigenvalue weighted by Gasteiger charge is 2.12. The largest absolute Gasteiger partial charge is 0.494 e. The van der Waals surface area contributed by atoms with Gasteiger partial charge in [0.25, 0.3) is 0 Å². The lowest BCUT2D eigenvalue weighted by atomic mass is 10.1. The Kier molecular flexibility index (Phi) is 7.46. The molecule has 0 unspecified atom stereocenters. The molecule has 0 spiro atoms. The van der Waals surface area contributed by atoms with Crippen LogP contribution in [-0.4, -0.2) is 50.4 Å². The number of rotatable bonds is 9. The summed E-state index contributed by atoms with van der Waals surface area (Å²) in [5.74, 6) is 0.717. The third-order valence-corrected chi connectivity index (χ3v) is 3.18. The number of likely N-dealkylation sites (N-methyl/N-ethyl adjacent to an activating group) is 2. The Balaban J connectivity index is 2.44. The fourth-order valence-corrected chi connectivity index (χ4v) is 1.86. The highest BCUT2D eigenvalue weighted by molar-refractivity contribution is 5.98. The van der Waals surface area contributed by atoms with Gasteiger partial charge >= 0.3 is 0 Å². The molecule has 0 radical (unpaired) electrons. The quantitative estimate of drug-likeness (QED) is 0.704. The number of carbonyl (C=O) groups is 2. The predicted molar refractivity (Wildman–Crippen MR) is 82.7 cm³/mol. The third kappa shape index (κ3) is 5.95. The summed E-state index contributed by atoms with van der Waals surface area (Å²) < 4.78 is 5.33. The fraction of sp³-hybridized carbons (Fsp3) is 0.500. The maximum absolute atomic E-state index is 12.0. The van der Waals surface area contributed by atoms with E-state index >= 15 is 0 Å². The van der Waals surface area contributed by atoms with E-state index in [1.54, 1.807) is 36.2 Å². The van der Waals surface area contributed by atoms with Gasteiger partial charge in [0.2, 0.25) is 5.91 Å². The van der Waals surface area contributed by atoms with E-state index in [-0.39, 0.29) is 24.5 Å². The van der Waals surface area contributed by atoms with Gasteiger partial charge in [0.1, 0.15) is 5.75 Å². The van der Waals surface area contributed by atoms with E-state index in [4.69, 9.17) is 4.74 Å². The number of benzene rings is 1. The van der Waals surface area contributed by atoms with Crippen molar-refractivity contribution < 1.29 is 14.3 Å². The predicted octanol–water partition coefficient (Wildman–Crippen LogP) is 1.73. The summed E-state index contributed by atoms with van der Waals surface area (Å²) in [6.45, 7) is 3.90. The maximum atomic E-state index is 12.0. The van der Waals surface area contributed by atoms with E-state index in [2.05, 4.69) is 5.32 Å². The molecular weight excluding hydrogens is 268 g/mol. The van der Waals surface area contributed by atoms with Crippen LogP contribution in [0.2, 0.25) is 0 Å². The minimum atomic E-state index is -0.0200. The molecule has 116 valence electrons. The number of nitrogens with zero attached hydrogens (tertiary/aromatic N) is 1. The van der Waals surface area contributed by atoms with Gasteiger partial charge in [-0.15, -0.1) is 0 Å². The molecule has 1 aromatic rings. The van der Waals surface area contributed by atoms with E-state index in [9.17, 15) is 9.59 Å². The molecule has 0 saturated carbocycles. The van der Waals surface area contributed by atoms with Gasteiger partial charge in [0.05, 0.1) is 6.61 Å². The van der Waals surface area contributed by atoms with Gasteiger partial charge in [0, 0.05) is 38.5 Å². The number of carbonyl (C=O) groups excluding carboxylic acids is 2. The van der Waals surface area contributed by atoms with Crippen LogP contribution in [0.5, 0.6) is 5.75 Å². The Morgan fingerprint density at radius 2 is 1.86 bits per heavy atom. The monoisotopic (exact) mass is 292 g/mol. The molecule has 0 saturated heterocycles. The first-order valence-corrected chi connectivity index (χ1v) is 7.23. The molecule has 0 aliphatic carbocycles. The van der Waals surface area contributed by atoms with Crippen LogP contribution in [0, 0.1) is 0 Å². The van der Waals surface area contributed by atoms with Crippen LogP contribution in [0.1, 0.15) is 30.1 Å². The summed E-state index contributed by atoms with van der Waals surface area (Å²) >= 11 is 0. The Morgan fingerprint density at radius 3 is 2.43 bits per heavy atom. The van der Waals surface area contributed by atoms with Crippen LogP contribution >= 0.6 is 0 Å². The smallest absolute Gasteiger partial charge is 0.222 e. The molecule has 0 aromatic heterocycles. The zero-order valence-corrected chi connectivity index (χ0v) is 13.0. The van der Waals surface area contributed by atoms with Crippen molar-refractivity contribution in [2.75, 3.05) is 33.8 Å². The normalized spacial score (nSPS) is 10.2. The second kappa shape index (κ2) is 9.13. The zero-order chi connectivity index (χ0) is 15.7. The third-order valence-electron chi connectivity index (χ3n) is 3.18. The lowest BCUT2D eigenvalue weighted by Gasteiger charge is -2.16. The fourth-order valence-electron chi connectivity index (χ4n) is 1.86. The average Bonchev–Trinajstić information content (AvgIpc) is 2.50. The zero-order valence-electron chi connectivity index (χ0n) is 13.0. The molecule has 1 aromatic carbocycles. The first-order valence-electron chi connectivity index (χ1n) is 7.23. The van der Waals surface area contributed by atoms with Crippen molar-refractivity contribution in [1.29, 1.82) is 0 Å². The second-order valence-corrected chi connectivity index (χ2v) is 4.80. The molecule has 0 bridgehead atoms. The van der Waals surface area contributed by atoms with Crippen molar-refractivity contribution in [3.63, 3.8) is 0 Å². The number of ketones is 1. The number of hydrogen-bond donors (Lipinski definition) is 1. The molecule has 1 N–H and O–H groups in total. The standard InChI is InChI=1S/C16H24N2O3/c1-4-21-14-7-5-13(6-8-14)15(19)9-10-16(20)18(3)12-11-17-2/h5-8,17H,4,9-12H2,1-3H3. The van der Waals surface area contributed by atoms with Crippen LogP contribution in [0.25, 0.3) is 0 Å². The van der Waals surface area contributed by atoms with Crippen LogP contribution < -0.4 is 10.1 Å². The maximum Gasteiger partial charge on any atom is 0.222 e. The van der Waals surface area contributed by atoms with E-state index in [0.29, 0.717) is 18.7 Å². The van der Waals surface area contributed by atoms with Gasteiger partial charge in [-0.2, -0.15) is 0 Å². The molecular formula is C16H24N2O3. The van der Waals surface area contributed by atoms with Crippen molar-refractivity contribution in [2.45, 2.75) is 19.8 Å². The molecule has 0 aliphatic heterocycles. The Morgan fingerprint density at radius 1 is 1.19 bits per heavy atom. The molecule has 1 rings (SSSR count).